The lowest BCUT2D eigenvalue weighted by molar-refractivity contribution is -0.111. The smallest absolute Gasteiger partial charge is 0.260 e. The topological polar surface area (TPSA) is 61.4 Å². The Balaban J connectivity index is 1.61. The molecular formula is C30H25N3O2. The first-order chi connectivity index (χ1) is 17.0. The van der Waals surface area contributed by atoms with Crippen LogP contribution in [0, 0.1) is 6.92 Å². The second-order valence-electron chi connectivity index (χ2n) is 8.55. The van der Waals surface area contributed by atoms with Crippen molar-refractivity contribution < 1.29 is 9.59 Å². The van der Waals surface area contributed by atoms with Crippen LogP contribution in [0.15, 0.2) is 104 Å². The summed E-state index contributed by atoms with van der Waals surface area (Å²) in [5.74, 6) is -0.422. The Morgan fingerprint density at radius 3 is 2.37 bits per heavy atom. The fourth-order valence-corrected chi connectivity index (χ4v) is 4.21. The van der Waals surface area contributed by atoms with Crippen LogP contribution in [0.2, 0.25) is 0 Å². The molecule has 0 saturated heterocycles. The summed E-state index contributed by atoms with van der Waals surface area (Å²) in [7, 11) is 0. The van der Waals surface area contributed by atoms with Gasteiger partial charge in [-0.2, -0.15) is 0 Å². The molecule has 4 aromatic carbocycles. The number of hydrogen-bond acceptors (Lipinski definition) is 3. The van der Waals surface area contributed by atoms with Crippen molar-refractivity contribution in [2.75, 3.05) is 15.5 Å². The van der Waals surface area contributed by atoms with E-state index < -0.39 is 0 Å². The number of carbonyl (C=O) groups is 2. The van der Waals surface area contributed by atoms with Crippen molar-refractivity contribution in [1.29, 1.82) is 0 Å². The molecule has 0 aliphatic carbocycles. The van der Waals surface area contributed by atoms with E-state index >= 15 is 0 Å². The zero-order chi connectivity index (χ0) is 24.4. The van der Waals surface area contributed by atoms with Crippen molar-refractivity contribution in [1.82, 2.24) is 0 Å². The quantitative estimate of drug-likeness (QED) is 0.327. The zero-order valence-electron chi connectivity index (χ0n) is 19.4. The molecule has 35 heavy (non-hydrogen) atoms. The summed E-state index contributed by atoms with van der Waals surface area (Å²) >= 11 is 0. The highest BCUT2D eigenvalue weighted by molar-refractivity contribution is 6.14. The van der Waals surface area contributed by atoms with Gasteiger partial charge in [0.25, 0.3) is 5.91 Å². The molecule has 2 N–H and O–H groups in total. The first-order valence-corrected chi connectivity index (χ1v) is 11.4. The minimum absolute atomic E-state index is 0.115. The van der Waals surface area contributed by atoms with Gasteiger partial charge in [0, 0.05) is 5.69 Å². The average Bonchev–Trinajstić information content (AvgIpc) is 2.99. The molecule has 172 valence electrons. The van der Waals surface area contributed by atoms with Gasteiger partial charge in [0.15, 0.2) is 0 Å². The maximum atomic E-state index is 14.0. The molecule has 0 saturated carbocycles. The molecule has 0 bridgehead atoms. The summed E-state index contributed by atoms with van der Waals surface area (Å²) in [6.45, 7) is 5.96. The molecule has 0 radical (unpaired) electrons. The van der Waals surface area contributed by atoms with E-state index in [1.807, 2.05) is 66.7 Å². The third kappa shape index (κ3) is 4.57. The number of fused-ring (bicyclic) bond motifs is 2. The van der Waals surface area contributed by atoms with Crippen molar-refractivity contribution in [3.63, 3.8) is 0 Å². The fourth-order valence-electron chi connectivity index (χ4n) is 4.21. The Bertz CT molecular complexity index is 1430. The molecule has 2 amide bonds. The molecule has 1 aliphatic heterocycles. The van der Waals surface area contributed by atoms with E-state index in [0.717, 1.165) is 28.1 Å². The van der Waals surface area contributed by atoms with Crippen molar-refractivity contribution in [3.8, 4) is 11.1 Å². The highest BCUT2D eigenvalue weighted by Gasteiger charge is 2.28. The van der Waals surface area contributed by atoms with E-state index in [1.165, 1.54) is 11.6 Å². The first kappa shape index (κ1) is 22.2. The van der Waals surface area contributed by atoms with Crippen LogP contribution in [-0.4, -0.2) is 11.8 Å². The van der Waals surface area contributed by atoms with Gasteiger partial charge in [0.2, 0.25) is 5.91 Å². The Morgan fingerprint density at radius 1 is 0.914 bits per heavy atom. The van der Waals surface area contributed by atoms with Crippen LogP contribution in [0.3, 0.4) is 0 Å². The average molecular weight is 460 g/mol. The molecule has 0 spiro atoms. The van der Waals surface area contributed by atoms with Gasteiger partial charge >= 0.3 is 0 Å². The van der Waals surface area contributed by atoms with E-state index in [0.29, 0.717) is 23.5 Å². The van der Waals surface area contributed by atoms with Crippen LogP contribution in [0.1, 0.15) is 21.5 Å². The van der Waals surface area contributed by atoms with E-state index in [-0.39, 0.29) is 11.8 Å². The number of amides is 2. The summed E-state index contributed by atoms with van der Waals surface area (Å²) in [5.41, 5.74) is 7.61. The zero-order valence-corrected chi connectivity index (χ0v) is 19.4. The fraction of sp³-hybridized carbons (Fsp3) is 0.0667. The van der Waals surface area contributed by atoms with Crippen LogP contribution in [0.25, 0.3) is 11.1 Å². The highest BCUT2D eigenvalue weighted by atomic mass is 16.2. The lowest BCUT2D eigenvalue weighted by Gasteiger charge is -2.24. The van der Waals surface area contributed by atoms with Crippen molar-refractivity contribution in [2.24, 2.45) is 0 Å². The van der Waals surface area contributed by atoms with Gasteiger partial charge in [0.05, 0.1) is 29.2 Å². The molecule has 5 nitrogen and oxygen atoms in total. The molecular weight excluding hydrogens is 434 g/mol. The third-order valence-electron chi connectivity index (χ3n) is 6.07. The van der Waals surface area contributed by atoms with E-state index in [4.69, 9.17) is 0 Å². The van der Waals surface area contributed by atoms with Gasteiger partial charge < -0.3 is 15.5 Å². The number of benzene rings is 4. The van der Waals surface area contributed by atoms with E-state index in [9.17, 15) is 9.59 Å². The predicted octanol–water partition coefficient (Wildman–Crippen LogP) is 6.69. The monoisotopic (exact) mass is 459 g/mol. The number of nitrogens with zero attached hydrogens (tertiary/aromatic N) is 1. The van der Waals surface area contributed by atoms with Gasteiger partial charge in [-0.1, -0.05) is 72.8 Å². The Hall–Kier alpha value is -4.64. The minimum Gasteiger partial charge on any atom is -0.353 e. The summed E-state index contributed by atoms with van der Waals surface area (Å²) in [6, 6.07) is 29.6. The lowest BCUT2D eigenvalue weighted by Crippen LogP contribution is -2.30. The lowest BCUT2D eigenvalue weighted by atomic mass is 10.00. The van der Waals surface area contributed by atoms with Gasteiger partial charge in [-0.3, -0.25) is 9.59 Å². The van der Waals surface area contributed by atoms with Crippen LogP contribution >= 0.6 is 0 Å². The second kappa shape index (κ2) is 9.31. The van der Waals surface area contributed by atoms with Gasteiger partial charge in [-0.25, -0.2) is 0 Å². The maximum absolute atomic E-state index is 14.0. The predicted molar refractivity (Wildman–Crippen MR) is 142 cm³/mol. The maximum Gasteiger partial charge on any atom is 0.260 e. The Morgan fingerprint density at radius 2 is 1.63 bits per heavy atom. The molecule has 0 atom stereocenters. The number of anilines is 4. The summed E-state index contributed by atoms with van der Waals surface area (Å²) in [5, 5.41) is 6.23. The van der Waals surface area contributed by atoms with Crippen molar-refractivity contribution >= 4 is 34.6 Å². The molecule has 0 fully saturated rings. The molecule has 1 aliphatic rings. The van der Waals surface area contributed by atoms with Crippen molar-refractivity contribution in [2.45, 2.75) is 13.5 Å². The van der Waals surface area contributed by atoms with Crippen LogP contribution < -0.4 is 15.5 Å². The molecule has 0 aromatic heterocycles. The largest absolute Gasteiger partial charge is 0.353 e. The van der Waals surface area contributed by atoms with Crippen LogP contribution in [0.5, 0.6) is 0 Å². The number of carbonyl (C=O) groups excluding carboxylic acids is 2. The molecule has 5 heteroatoms. The van der Waals surface area contributed by atoms with E-state index in [1.54, 1.807) is 4.90 Å². The molecule has 4 aromatic rings. The highest BCUT2D eigenvalue weighted by Crippen LogP contribution is 2.39. The molecule has 1 heterocycles. The molecule has 0 unspecified atom stereocenters. The molecule has 5 rings (SSSR count). The number of rotatable bonds is 5. The third-order valence-corrected chi connectivity index (χ3v) is 6.07. The Kier molecular flexibility index (Phi) is 5.90. The summed E-state index contributed by atoms with van der Waals surface area (Å²) < 4.78 is 0. The Labute approximate surface area is 204 Å². The van der Waals surface area contributed by atoms with E-state index in [2.05, 4.69) is 48.4 Å². The second-order valence-corrected chi connectivity index (χ2v) is 8.55. The van der Waals surface area contributed by atoms with Crippen LogP contribution in [0.4, 0.5) is 22.7 Å². The number of nitrogens with one attached hydrogen (secondary N) is 2. The number of aryl methyl sites for hydroxylation is 1. The summed E-state index contributed by atoms with van der Waals surface area (Å²) in [4.78, 5) is 27.7. The standard InChI is InChI=1S/C30H25N3O2/c1-3-29(34)31-24-14-16-27-28(18-24)33(19-21-7-5-4-6-8-21)30(35)25-17-23(13-15-26(25)32-27)22-11-9-20(2)10-12-22/h3-18,32H,1,19H2,2H3,(H,31,34). The first-order valence-electron chi connectivity index (χ1n) is 11.4. The SMILES string of the molecule is C=CC(=O)Nc1ccc2c(c1)N(Cc1ccccc1)C(=O)c1cc(-c3ccc(C)cc3)ccc1N2. The van der Waals surface area contributed by atoms with Gasteiger partial charge in [0.1, 0.15) is 0 Å². The normalized spacial score (nSPS) is 12.1. The minimum atomic E-state index is -0.307. The van der Waals surface area contributed by atoms with Crippen molar-refractivity contribution in [3.05, 3.63) is 120 Å². The van der Waals surface area contributed by atoms with Gasteiger partial charge in [-0.05, 0) is 60.0 Å². The van der Waals surface area contributed by atoms with Gasteiger partial charge in [-0.15, -0.1) is 0 Å². The number of hydrogen-bond donors (Lipinski definition) is 2. The van der Waals surface area contributed by atoms with Crippen LogP contribution in [-0.2, 0) is 11.3 Å². The summed E-state index contributed by atoms with van der Waals surface area (Å²) in [6.07, 6.45) is 1.22.